The van der Waals surface area contributed by atoms with E-state index in [2.05, 4.69) is 28.2 Å². The number of aliphatic carboxylic acids is 1. The lowest BCUT2D eigenvalue weighted by Crippen LogP contribution is -2.61. The molecule has 0 bridgehead atoms. The number of hydrogen-bond acceptors (Lipinski definition) is 16. The molecule has 1 rings (SSSR count). The number of carbonyl (C=O) groups excluding carboxylic acids is 10. The molecule has 0 radical (unpaired) electrons. The first-order valence-corrected chi connectivity index (χ1v) is 22.6. The average Bonchev–Trinajstić information content (AvgIpc) is 3.24. The van der Waals surface area contributed by atoms with Gasteiger partial charge in [-0.1, -0.05) is 71.1 Å². The van der Waals surface area contributed by atoms with Crippen LogP contribution >= 0.6 is 0 Å². The molecule has 1 saturated heterocycles. The van der Waals surface area contributed by atoms with Gasteiger partial charge in [0.05, 0.1) is 50.6 Å². The lowest BCUT2D eigenvalue weighted by Gasteiger charge is -2.34. The molecule has 1 aliphatic heterocycles. The number of carbonyl (C=O) groups is 11. The number of aliphatic hydroxyl groups is 4. The maximum atomic E-state index is 13.7. The summed E-state index contributed by atoms with van der Waals surface area (Å²) in [6, 6.07) is -13.5. The molecule has 0 saturated carbocycles. The Labute approximate surface area is 393 Å². The molecule has 26 nitrogen and oxygen atoms in total. The van der Waals surface area contributed by atoms with Crippen molar-refractivity contribution in [2.75, 3.05) is 13.2 Å². The summed E-state index contributed by atoms with van der Waals surface area (Å²) < 4.78 is 5.58. The normalized spacial score (nSPS) is 25.8. The fourth-order valence-corrected chi connectivity index (χ4v) is 6.87. The molecule has 16 N–H and O–H groups in total. The van der Waals surface area contributed by atoms with E-state index in [0.717, 1.165) is 58.8 Å². The Kier molecular flexibility index (Phi) is 26.8. The van der Waals surface area contributed by atoms with E-state index in [9.17, 15) is 78.3 Å². The van der Waals surface area contributed by atoms with E-state index in [1.165, 1.54) is 13.3 Å². The molecule has 4 unspecified atom stereocenters. The zero-order chi connectivity index (χ0) is 51.7. The summed E-state index contributed by atoms with van der Waals surface area (Å²) in [5.41, 5.74) is 8.55. The molecule has 0 aliphatic carbocycles. The maximum absolute atomic E-state index is 13.7. The molecule has 9 amide bonds. The molecule has 10 atom stereocenters. The van der Waals surface area contributed by atoms with Crippen molar-refractivity contribution in [3.05, 3.63) is 0 Å². The van der Waals surface area contributed by atoms with Gasteiger partial charge in [-0.3, -0.25) is 47.9 Å². The van der Waals surface area contributed by atoms with E-state index >= 15 is 0 Å². The van der Waals surface area contributed by atoms with Crippen LogP contribution in [0.4, 0.5) is 0 Å². The second-order valence-corrected chi connectivity index (χ2v) is 17.0. The zero-order valence-corrected chi connectivity index (χ0v) is 39.0. The monoisotopic (exact) mass is 973 g/mol. The average molecular weight is 974 g/mol. The molecule has 0 spiro atoms. The number of aliphatic hydroxyl groups excluding tert-OH is 3. The number of rotatable bonds is 21. The van der Waals surface area contributed by atoms with E-state index in [4.69, 9.17) is 16.2 Å². The van der Waals surface area contributed by atoms with E-state index in [0.29, 0.717) is 12.8 Å². The first-order chi connectivity index (χ1) is 31.9. The van der Waals surface area contributed by atoms with Crippen LogP contribution in [0.3, 0.4) is 0 Å². The summed E-state index contributed by atoms with van der Waals surface area (Å²) >= 11 is 0. The molecule has 0 aromatic carbocycles. The van der Waals surface area contributed by atoms with Gasteiger partial charge < -0.3 is 79.0 Å². The third kappa shape index (κ3) is 22.2. The number of unbranched alkanes of at least 4 members (excludes halogenated alkanes) is 9. The molecule has 1 aliphatic rings. The predicted molar refractivity (Wildman–Crippen MR) is 236 cm³/mol. The zero-order valence-electron chi connectivity index (χ0n) is 39.0. The van der Waals surface area contributed by atoms with Crippen LogP contribution in [0.1, 0.15) is 124 Å². The summed E-state index contributed by atoms with van der Waals surface area (Å²) in [5.74, 6) is -14.5. The largest absolute Gasteiger partial charge is 0.481 e. The van der Waals surface area contributed by atoms with Crippen LogP contribution in [0.5, 0.6) is 0 Å². The highest BCUT2D eigenvalue weighted by atomic mass is 16.6. The maximum Gasteiger partial charge on any atom is 0.331 e. The first kappa shape index (κ1) is 60.0. The fraction of sp³-hybridized carbons (Fsp3) is 0.738. The molecule has 0 aromatic rings. The Morgan fingerprint density at radius 1 is 0.632 bits per heavy atom. The summed E-state index contributed by atoms with van der Waals surface area (Å²) in [4.78, 5) is 143. The third-order valence-corrected chi connectivity index (χ3v) is 10.9. The molecular weight excluding hydrogens is 903 g/mol. The topological polar surface area (TPSA) is 434 Å². The Morgan fingerprint density at radius 2 is 1.03 bits per heavy atom. The van der Waals surface area contributed by atoms with Crippen molar-refractivity contribution in [3.8, 4) is 0 Å². The van der Waals surface area contributed by atoms with E-state index in [1.54, 1.807) is 0 Å². The summed E-state index contributed by atoms with van der Waals surface area (Å²) in [7, 11) is 0. The molecule has 1 fully saturated rings. The summed E-state index contributed by atoms with van der Waals surface area (Å²) in [5, 5.41) is 66.7. The van der Waals surface area contributed by atoms with Gasteiger partial charge in [0, 0.05) is 0 Å². The van der Waals surface area contributed by atoms with Gasteiger partial charge in [-0.15, -0.1) is 0 Å². The highest BCUT2D eigenvalue weighted by Crippen LogP contribution is 2.25. The molecule has 386 valence electrons. The van der Waals surface area contributed by atoms with Gasteiger partial charge in [-0.05, 0) is 27.2 Å². The van der Waals surface area contributed by atoms with Crippen LogP contribution < -0.4 is 48.7 Å². The number of cyclic esters (lactones) is 1. The number of nitrogens with one attached hydrogen (secondary N) is 7. The van der Waals surface area contributed by atoms with E-state index in [1.807, 2.05) is 16.0 Å². The first-order valence-electron chi connectivity index (χ1n) is 22.6. The molecule has 0 aromatic heterocycles. The van der Waals surface area contributed by atoms with Gasteiger partial charge >= 0.3 is 11.9 Å². The predicted octanol–water partition coefficient (Wildman–Crippen LogP) is -4.63. The van der Waals surface area contributed by atoms with Crippen molar-refractivity contribution in [2.24, 2.45) is 11.5 Å². The summed E-state index contributed by atoms with van der Waals surface area (Å²) in [6.45, 7) is 3.25. The van der Waals surface area contributed by atoms with Crippen LogP contribution in [0.2, 0.25) is 0 Å². The van der Waals surface area contributed by atoms with Gasteiger partial charge in [0.25, 0.3) is 0 Å². The van der Waals surface area contributed by atoms with Crippen LogP contribution in [0, 0.1) is 0 Å². The number of carboxylic acids is 1. The highest BCUT2D eigenvalue weighted by Gasteiger charge is 2.41. The second kappa shape index (κ2) is 30.4. The van der Waals surface area contributed by atoms with Crippen LogP contribution in [0.25, 0.3) is 0 Å². The highest BCUT2D eigenvalue weighted by molar-refractivity contribution is 6.00. The van der Waals surface area contributed by atoms with Crippen molar-refractivity contribution in [1.29, 1.82) is 0 Å². The number of ether oxygens (including phenoxy) is 1. The lowest BCUT2D eigenvalue weighted by molar-refractivity contribution is -0.172. The number of primary amides is 2. The van der Waals surface area contributed by atoms with Crippen molar-refractivity contribution in [3.63, 3.8) is 0 Å². The van der Waals surface area contributed by atoms with Gasteiger partial charge in [0.2, 0.25) is 53.2 Å². The Hall–Kier alpha value is -5.99. The number of hydrogen-bond donors (Lipinski definition) is 14. The molecule has 68 heavy (non-hydrogen) atoms. The fourth-order valence-electron chi connectivity index (χ4n) is 6.87. The number of nitrogens with two attached hydrogens (primary N) is 2. The van der Waals surface area contributed by atoms with Crippen LogP contribution in [-0.4, -0.2) is 164 Å². The number of carboxylic acid groups (broad SMARTS) is 1. The van der Waals surface area contributed by atoms with E-state index < -0.39 is 164 Å². The number of amides is 9. The van der Waals surface area contributed by atoms with E-state index in [-0.39, 0.29) is 6.42 Å². The molecule has 26 heteroatoms. The van der Waals surface area contributed by atoms with Gasteiger partial charge in [0.15, 0.2) is 6.04 Å². The molecular formula is C42H71N9O17. The lowest BCUT2D eigenvalue weighted by atomic mass is 9.89. The van der Waals surface area contributed by atoms with Crippen molar-refractivity contribution in [2.45, 2.75) is 184 Å². The Balaban J connectivity index is 3.72. The Morgan fingerprint density at radius 3 is 1.47 bits per heavy atom. The standard InChI is InChI=1S/C42H71N9O17/c1-5-6-7-8-9-10-11-12-13-14-15-42(4,67)29-19-32(57)46-27(20-52)39(64)45-22(2)35(60)47-26(18-33(58)59)38(63)49-24(16-30(43)55)36(61)48-25(17-31(44)56)37(62)50-28(21-53)40(65)51-34(23(3)54)41(66)68-29/h22-29,34,52-54,67H,5-21H2,1-4H3,(H2,43,55)(H2,44,56)(H,45,64)(H,46,57)(H,47,60)(H,48,61)(H,49,63)(H,50,62)(H,51,65)(H,58,59)/t22-,23-,24+,25+,26+,27?,28?,29?,34-,42?/m1/s1. The van der Waals surface area contributed by atoms with Gasteiger partial charge in [-0.2, -0.15) is 0 Å². The smallest absolute Gasteiger partial charge is 0.331 e. The van der Waals surface area contributed by atoms with Crippen LogP contribution in [-0.2, 0) is 57.5 Å². The minimum Gasteiger partial charge on any atom is -0.481 e. The second-order valence-electron chi connectivity index (χ2n) is 17.0. The summed E-state index contributed by atoms with van der Waals surface area (Å²) in [6.07, 6.45) is 1.88. The number of esters is 1. The van der Waals surface area contributed by atoms with Gasteiger partial charge in [-0.25, -0.2) is 4.79 Å². The quantitative estimate of drug-likeness (QED) is 0.0380. The minimum atomic E-state index is -2.02. The van der Waals surface area contributed by atoms with Crippen molar-refractivity contribution >= 4 is 65.1 Å². The van der Waals surface area contributed by atoms with Crippen molar-refractivity contribution in [1.82, 2.24) is 37.2 Å². The van der Waals surface area contributed by atoms with Crippen LogP contribution in [0.15, 0.2) is 0 Å². The minimum absolute atomic E-state index is 0.0389. The SMILES string of the molecule is CCCCCCCCCCCCC(C)(O)C1CC(=O)NC(CO)C(=O)N[C@H](C)C(=O)N[C@@H](CC(=O)O)C(=O)N[C@@H](CC(N)=O)C(=O)N[C@@H](CC(N)=O)C(=O)NC(CO)C(=O)N[C@H]([C@@H](C)O)C(=O)O1. The third-order valence-electron chi connectivity index (χ3n) is 10.9. The van der Waals surface area contributed by atoms with Crippen molar-refractivity contribution < 1.29 is 83.0 Å². The van der Waals surface area contributed by atoms with Gasteiger partial charge in [0.1, 0.15) is 42.4 Å². The molecule has 1 heterocycles. The Bertz CT molecular complexity index is 1760.